The summed E-state index contributed by atoms with van der Waals surface area (Å²) in [7, 11) is 0. The van der Waals surface area contributed by atoms with E-state index in [0.717, 1.165) is 30.7 Å². The van der Waals surface area contributed by atoms with Crippen molar-refractivity contribution in [1.29, 1.82) is 0 Å². The van der Waals surface area contributed by atoms with Crippen molar-refractivity contribution in [2.75, 3.05) is 13.1 Å². The monoisotopic (exact) mass is 405 g/mol. The topological polar surface area (TPSA) is 68.5 Å². The zero-order valence-electron chi connectivity index (χ0n) is 17.5. The Bertz CT molecular complexity index is 1000. The van der Waals surface area contributed by atoms with E-state index in [1.54, 1.807) is 0 Å². The molecule has 30 heavy (non-hydrogen) atoms. The molecule has 1 unspecified atom stereocenters. The minimum absolute atomic E-state index is 0.141. The van der Waals surface area contributed by atoms with Crippen LogP contribution >= 0.6 is 0 Å². The van der Waals surface area contributed by atoms with Gasteiger partial charge in [0.05, 0.1) is 6.42 Å². The van der Waals surface area contributed by atoms with E-state index in [2.05, 4.69) is 23.1 Å². The Morgan fingerprint density at radius 2 is 2.03 bits per heavy atom. The largest absolute Gasteiger partial charge is 0.484 e. The summed E-state index contributed by atoms with van der Waals surface area (Å²) in [6.07, 6.45) is 2.25. The van der Waals surface area contributed by atoms with Gasteiger partial charge in [0.1, 0.15) is 5.75 Å². The number of hydrogen-bond donors (Lipinski definition) is 0. The average Bonchev–Trinajstić information content (AvgIpc) is 3.23. The Balaban J connectivity index is 1.40. The van der Waals surface area contributed by atoms with Crippen molar-refractivity contribution < 1.29 is 14.1 Å². The molecule has 2 aromatic carbocycles. The van der Waals surface area contributed by atoms with Gasteiger partial charge in [-0.15, -0.1) is 0 Å². The number of nitrogens with zero attached hydrogens (tertiary/aromatic N) is 3. The third kappa shape index (κ3) is 4.70. The normalized spacial score (nSPS) is 18.9. The molecular weight excluding hydrogens is 378 g/mol. The van der Waals surface area contributed by atoms with E-state index >= 15 is 0 Å². The second kappa shape index (κ2) is 8.69. The van der Waals surface area contributed by atoms with E-state index in [1.165, 1.54) is 5.56 Å². The predicted molar refractivity (Wildman–Crippen MR) is 113 cm³/mol. The summed E-state index contributed by atoms with van der Waals surface area (Å²) in [6.45, 7) is 5.73. The lowest BCUT2D eigenvalue weighted by atomic mass is 9.81. The van der Waals surface area contributed by atoms with Crippen molar-refractivity contribution in [2.24, 2.45) is 0 Å². The number of ether oxygens (including phenoxy) is 1. The number of aromatic nitrogens is 2. The number of piperidine rings is 1. The van der Waals surface area contributed by atoms with Crippen molar-refractivity contribution in [1.82, 2.24) is 15.0 Å². The number of carbonyl (C=O) groups excluding carboxylic acids is 1. The summed E-state index contributed by atoms with van der Waals surface area (Å²) in [5, 5.41) is 4.21. The van der Waals surface area contributed by atoms with E-state index in [1.807, 2.05) is 60.4 Å². The Hall–Kier alpha value is -3.15. The summed E-state index contributed by atoms with van der Waals surface area (Å²) in [4.78, 5) is 19.4. The average molecular weight is 405 g/mol. The van der Waals surface area contributed by atoms with Crippen molar-refractivity contribution in [3.05, 3.63) is 77.4 Å². The highest BCUT2D eigenvalue weighted by Gasteiger charge is 2.38. The van der Waals surface area contributed by atoms with Gasteiger partial charge in [0, 0.05) is 18.5 Å². The number of para-hydroxylation sites is 1. The molecule has 1 aliphatic heterocycles. The molecule has 0 saturated carbocycles. The van der Waals surface area contributed by atoms with Crippen LogP contribution in [0.3, 0.4) is 0 Å². The highest BCUT2D eigenvalue weighted by molar-refractivity contribution is 5.79. The van der Waals surface area contributed by atoms with Gasteiger partial charge in [-0.2, -0.15) is 4.98 Å². The third-order valence-electron chi connectivity index (χ3n) is 5.60. The fourth-order valence-corrected chi connectivity index (χ4v) is 3.96. The zero-order valence-corrected chi connectivity index (χ0v) is 17.5. The van der Waals surface area contributed by atoms with Gasteiger partial charge in [-0.1, -0.05) is 60.1 Å². The number of rotatable bonds is 6. The van der Waals surface area contributed by atoms with Crippen LogP contribution in [0.25, 0.3) is 0 Å². The molecule has 156 valence electrons. The van der Waals surface area contributed by atoms with E-state index < -0.39 is 0 Å². The first-order valence-corrected chi connectivity index (χ1v) is 10.4. The molecule has 6 heteroatoms. The fourth-order valence-electron chi connectivity index (χ4n) is 3.96. The lowest BCUT2D eigenvalue weighted by molar-refractivity contribution is -0.132. The summed E-state index contributed by atoms with van der Waals surface area (Å²) >= 11 is 0. The van der Waals surface area contributed by atoms with Crippen molar-refractivity contribution in [2.45, 2.75) is 45.1 Å². The van der Waals surface area contributed by atoms with Crippen LogP contribution < -0.4 is 4.74 Å². The Morgan fingerprint density at radius 1 is 1.20 bits per heavy atom. The molecule has 0 bridgehead atoms. The molecule has 1 aromatic heterocycles. The van der Waals surface area contributed by atoms with Crippen molar-refractivity contribution in [3.63, 3.8) is 0 Å². The quantitative estimate of drug-likeness (QED) is 0.618. The lowest BCUT2D eigenvalue weighted by Crippen LogP contribution is -2.48. The first-order valence-electron chi connectivity index (χ1n) is 10.4. The highest BCUT2D eigenvalue weighted by atomic mass is 16.5. The van der Waals surface area contributed by atoms with Crippen LogP contribution in [0.2, 0.25) is 0 Å². The number of benzene rings is 2. The zero-order chi connectivity index (χ0) is 21.0. The molecule has 3 aromatic rings. The molecule has 1 atom stereocenters. The van der Waals surface area contributed by atoms with Gasteiger partial charge in [0.15, 0.2) is 12.4 Å². The fraction of sp³-hybridized carbons (Fsp3) is 0.375. The van der Waals surface area contributed by atoms with E-state index in [4.69, 9.17) is 9.26 Å². The second-order valence-electron chi connectivity index (χ2n) is 8.26. The van der Waals surface area contributed by atoms with Crippen LogP contribution in [0.15, 0.2) is 59.1 Å². The van der Waals surface area contributed by atoms with Crippen LogP contribution in [-0.4, -0.2) is 34.0 Å². The number of amides is 1. The highest BCUT2D eigenvalue weighted by Crippen LogP contribution is 2.32. The molecule has 4 rings (SSSR count). The minimum Gasteiger partial charge on any atom is -0.484 e. The number of carbonyl (C=O) groups is 1. The van der Waals surface area contributed by atoms with E-state index in [0.29, 0.717) is 24.7 Å². The predicted octanol–water partition coefficient (Wildman–Crippen LogP) is 4.08. The number of likely N-dealkylation sites (tertiary alicyclic amines) is 1. The lowest BCUT2D eigenvalue weighted by Gasteiger charge is -2.38. The second-order valence-corrected chi connectivity index (χ2v) is 8.26. The summed E-state index contributed by atoms with van der Waals surface area (Å²) < 4.78 is 11.1. The summed E-state index contributed by atoms with van der Waals surface area (Å²) in [6, 6.07) is 17.7. The maximum Gasteiger partial charge on any atom is 0.264 e. The first kappa shape index (κ1) is 20.1. The molecule has 1 fully saturated rings. The molecule has 0 aliphatic carbocycles. The first-order chi connectivity index (χ1) is 14.5. The van der Waals surface area contributed by atoms with Gasteiger partial charge in [0.2, 0.25) is 5.91 Å². The molecule has 0 spiro atoms. The van der Waals surface area contributed by atoms with E-state index in [-0.39, 0.29) is 17.9 Å². The summed E-state index contributed by atoms with van der Waals surface area (Å²) in [5.41, 5.74) is 1.89. The maximum atomic E-state index is 12.9. The smallest absolute Gasteiger partial charge is 0.264 e. The third-order valence-corrected chi connectivity index (χ3v) is 5.60. The SMILES string of the molecule is Cc1cccc(CC(=O)N2CCCC(C)(c3noc(COc4ccccc4)n3)C2)c1. The molecule has 0 radical (unpaired) electrons. The molecule has 6 nitrogen and oxygen atoms in total. The minimum atomic E-state index is -0.324. The van der Waals surface area contributed by atoms with Crippen LogP contribution in [-0.2, 0) is 23.2 Å². The van der Waals surface area contributed by atoms with E-state index in [9.17, 15) is 4.79 Å². The van der Waals surface area contributed by atoms with Gasteiger partial charge in [-0.05, 0) is 37.5 Å². The number of hydrogen-bond acceptors (Lipinski definition) is 5. The Kier molecular flexibility index (Phi) is 5.84. The Morgan fingerprint density at radius 3 is 2.83 bits per heavy atom. The maximum absolute atomic E-state index is 12.9. The van der Waals surface area contributed by atoms with Crippen LogP contribution in [0, 0.1) is 6.92 Å². The summed E-state index contributed by atoms with van der Waals surface area (Å²) in [5.74, 6) is 1.98. The molecular formula is C24H27N3O3. The van der Waals surface area contributed by atoms with Crippen molar-refractivity contribution >= 4 is 5.91 Å². The molecule has 0 N–H and O–H groups in total. The van der Waals surface area contributed by atoms with Crippen LogP contribution in [0.1, 0.15) is 42.6 Å². The van der Waals surface area contributed by atoms with Gasteiger partial charge >= 0.3 is 0 Å². The van der Waals surface area contributed by atoms with Gasteiger partial charge in [0.25, 0.3) is 5.89 Å². The molecule has 1 aliphatic rings. The Labute approximate surface area is 176 Å². The van der Waals surface area contributed by atoms with Gasteiger partial charge in [-0.3, -0.25) is 4.79 Å². The van der Waals surface area contributed by atoms with Crippen LogP contribution in [0.4, 0.5) is 0 Å². The molecule has 2 heterocycles. The van der Waals surface area contributed by atoms with Crippen molar-refractivity contribution in [3.8, 4) is 5.75 Å². The molecule has 1 saturated heterocycles. The standard InChI is InChI=1S/C24H27N3O3/c1-18-8-6-9-19(14-18)15-22(28)27-13-7-12-24(2,17-27)23-25-21(30-26-23)16-29-20-10-4-3-5-11-20/h3-6,8-11,14H,7,12-13,15-17H2,1-2H3. The number of aryl methyl sites for hydroxylation is 1. The van der Waals surface area contributed by atoms with Gasteiger partial charge < -0.3 is 14.2 Å². The van der Waals surface area contributed by atoms with Crippen LogP contribution in [0.5, 0.6) is 5.75 Å². The van der Waals surface area contributed by atoms with Gasteiger partial charge in [-0.25, -0.2) is 0 Å². The molecule has 1 amide bonds.